The first-order chi connectivity index (χ1) is 13.7. The number of hydrogen-bond donors (Lipinski definition) is 1. The van der Waals surface area contributed by atoms with Crippen LogP contribution in [0.5, 0.6) is 0 Å². The topological polar surface area (TPSA) is 55.4 Å². The van der Waals surface area contributed by atoms with Gasteiger partial charge in [-0.05, 0) is 35.6 Å². The Bertz CT molecular complexity index is 907. The van der Waals surface area contributed by atoms with E-state index in [0.29, 0.717) is 12.1 Å². The van der Waals surface area contributed by atoms with Gasteiger partial charge in [-0.3, -0.25) is 4.79 Å². The molecule has 0 unspecified atom stereocenters. The molecule has 0 aliphatic heterocycles. The van der Waals surface area contributed by atoms with Gasteiger partial charge in [-0.15, -0.1) is 0 Å². The van der Waals surface area contributed by atoms with Crippen LogP contribution in [-0.2, 0) is 28.9 Å². The molecule has 0 heterocycles. The van der Waals surface area contributed by atoms with Crippen LogP contribution < -0.4 is 5.32 Å². The average molecular weight is 373 g/mol. The number of nitrogens with one attached hydrogen (secondary N) is 1. The van der Waals surface area contributed by atoms with E-state index in [2.05, 4.69) is 17.4 Å². The Balaban J connectivity index is 1.51. The first kappa shape index (κ1) is 19.4. The van der Waals surface area contributed by atoms with Crippen molar-refractivity contribution in [1.29, 1.82) is 0 Å². The quantitative estimate of drug-likeness (QED) is 0.609. The molecule has 0 aliphatic carbocycles. The van der Waals surface area contributed by atoms with Gasteiger partial charge < -0.3 is 10.1 Å². The van der Waals surface area contributed by atoms with Crippen molar-refractivity contribution in [1.82, 2.24) is 5.32 Å². The lowest BCUT2D eigenvalue weighted by Crippen LogP contribution is -2.28. The van der Waals surface area contributed by atoms with E-state index in [9.17, 15) is 9.59 Å². The fourth-order valence-electron chi connectivity index (χ4n) is 2.92. The number of amides is 1. The molecule has 3 rings (SSSR count). The van der Waals surface area contributed by atoms with Crippen LogP contribution in [0.4, 0.5) is 0 Å². The minimum Gasteiger partial charge on any atom is -0.452 e. The standard InChI is InChI=1S/C24H23NO3/c26-23(25-17-20-11-5-2-6-12-20)18-28-24(27)22-14-8-7-13-21(22)16-15-19-9-3-1-4-10-19/h1-14H,15-18H2,(H,25,26). The van der Waals surface area contributed by atoms with Gasteiger partial charge in [-0.2, -0.15) is 0 Å². The van der Waals surface area contributed by atoms with E-state index in [-0.39, 0.29) is 12.5 Å². The molecule has 0 aliphatic rings. The molecule has 0 atom stereocenters. The van der Waals surface area contributed by atoms with E-state index in [1.54, 1.807) is 12.1 Å². The Morgan fingerprint density at radius 1 is 0.714 bits per heavy atom. The zero-order valence-corrected chi connectivity index (χ0v) is 15.6. The summed E-state index contributed by atoms with van der Waals surface area (Å²) in [5.74, 6) is -0.794. The summed E-state index contributed by atoms with van der Waals surface area (Å²) < 4.78 is 5.22. The maximum absolute atomic E-state index is 12.5. The number of carbonyl (C=O) groups excluding carboxylic acids is 2. The summed E-state index contributed by atoms with van der Waals surface area (Å²) in [6.07, 6.45) is 1.57. The van der Waals surface area contributed by atoms with E-state index in [4.69, 9.17) is 4.74 Å². The number of benzene rings is 3. The van der Waals surface area contributed by atoms with Crippen molar-refractivity contribution in [2.75, 3.05) is 6.61 Å². The minimum absolute atomic E-state index is 0.293. The molecule has 4 nitrogen and oxygen atoms in total. The van der Waals surface area contributed by atoms with Crippen LogP contribution in [0.25, 0.3) is 0 Å². The summed E-state index contributed by atoms with van der Waals surface area (Å²) in [5.41, 5.74) is 3.63. The molecule has 0 fully saturated rings. The summed E-state index contributed by atoms with van der Waals surface area (Å²) in [7, 11) is 0. The van der Waals surface area contributed by atoms with E-state index in [1.807, 2.05) is 60.7 Å². The van der Waals surface area contributed by atoms with E-state index in [0.717, 1.165) is 24.0 Å². The van der Waals surface area contributed by atoms with Crippen molar-refractivity contribution in [2.45, 2.75) is 19.4 Å². The maximum atomic E-state index is 12.5. The number of esters is 1. The molecule has 0 saturated heterocycles. The summed E-state index contributed by atoms with van der Waals surface area (Å²) in [5, 5.41) is 2.75. The smallest absolute Gasteiger partial charge is 0.338 e. The molecule has 0 radical (unpaired) electrons. The normalized spacial score (nSPS) is 10.3. The van der Waals surface area contributed by atoms with Gasteiger partial charge in [0.1, 0.15) is 0 Å². The SMILES string of the molecule is O=C(COC(=O)c1ccccc1CCc1ccccc1)NCc1ccccc1. The molecule has 0 saturated carbocycles. The van der Waals surface area contributed by atoms with Gasteiger partial charge in [0, 0.05) is 6.54 Å². The Kier molecular flexibility index (Phi) is 6.96. The molecular weight excluding hydrogens is 350 g/mol. The van der Waals surface area contributed by atoms with Crippen LogP contribution in [0, 0.1) is 0 Å². The second-order valence-electron chi connectivity index (χ2n) is 6.48. The fraction of sp³-hybridized carbons (Fsp3) is 0.167. The van der Waals surface area contributed by atoms with Crippen LogP contribution >= 0.6 is 0 Å². The fourth-order valence-corrected chi connectivity index (χ4v) is 2.92. The van der Waals surface area contributed by atoms with E-state index in [1.165, 1.54) is 5.56 Å². The van der Waals surface area contributed by atoms with Crippen LogP contribution in [0.1, 0.15) is 27.0 Å². The van der Waals surface area contributed by atoms with Gasteiger partial charge in [0.05, 0.1) is 5.56 Å². The summed E-state index contributed by atoms with van der Waals surface area (Å²) in [6, 6.07) is 27.1. The highest BCUT2D eigenvalue weighted by atomic mass is 16.5. The highest BCUT2D eigenvalue weighted by Gasteiger charge is 2.14. The predicted molar refractivity (Wildman–Crippen MR) is 109 cm³/mol. The van der Waals surface area contributed by atoms with Crippen LogP contribution in [0.2, 0.25) is 0 Å². The maximum Gasteiger partial charge on any atom is 0.338 e. The Morgan fingerprint density at radius 3 is 2.04 bits per heavy atom. The van der Waals surface area contributed by atoms with Gasteiger partial charge in [-0.25, -0.2) is 4.79 Å². The van der Waals surface area contributed by atoms with Gasteiger partial charge in [0.25, 0.3) is 5.91 Å². The van der Waals surface area contributed by atoms with E-state index >= 15 is 0 Å². The first-order valence-corrected chi connectivity index (χ1v) is 9.32. The summed E-state index contributed by atoms with van der Waals surface area (Å²) in [4.78, 5) is 24.4. The highest BCUT2D eigenvalue weighted by Crippen LogP contribution is 2.14. The Hall–Kier alpha value is -3.40. The molecule has 28 heavy (non-hydrogen) atoms. The molecule has 1 N–H and O–H groups in total. The van der Waals surface area contributed by atoms with Crippen LogP contribution in [-0.4, -0.2) is 18.5 Å². The van der Waals surface area contributed by atoms with Gasteiger partial charge in [0.2, 0.25) is 0 Å². The molecular formula is C24H23NO3. The molecule has 1 amide bonds. The average Bonchev–Trinajstić information content (AvgIpc) is 2.76. The Morgan fingerprint density at radius 2 is 1.32 bits per heavy atom. The first-order valence-electron chi connectivity index (χ1n) is 9.32. The van der Waals surface area contributed by atoms with Crippen molar-refractivity contribution < 1.29 is 14.3 Å². The zero-order chi connectivity index (χ0) is 19.6. The van der Waals surface area contributed by atoms with Gasteiger partial charge in [-0.1, -0.05) is 78.9 Å². The third kappa shape index (κ3) is 5.81. The number of aryl methyl sites for hydroxylation is 2. The third-order valence-electron chi connectivity index (χ3n) is 4.43. The minimum atomic E-state index is -0.474. The summed E-state index contributed by atoms with van der Waals surface area (Å²) >= 11 is 0. The molecule has 0 bridgehead atoms. The summed E-state index contributed by atoms with van der Waals surface area (Å²) in [6.45, 7) is 0.115. The van der Waals surface area contributed by atoms with Crippen molar-refractivity contribution in [3.63, 3.8) is 0 Å². The second-order valence-corrected chi connectivity index (χ2v) is 6.48. The lowest BCUT2D eigenvalue weighted by molar-refractivity contribution is -0.124. The van der Waals surface area contributed by atoms with Crippen LogP contribution in [0.3, 0.4) is 0 Å². The van der Waals surface area contributed by atoms with E-state index < -0.39 is 5.97 Å². The molecule has 142 valence electrons. The lowest BCUT2D eigenvalue weighted by Gasteiger charge is -2.10. The third-order valence-corrected chi connectivity index (χ3v) is 4.43. The number of ether oxygens (including phenoxy) is 1. The van der Waals surface area contributed by atoms with Gasteiger partial charge >= 0.3 is 5.97 Å². The zero-order valence-electron chi connectivity index (χ0n) is 15.6. The second kappa shape index (κ2) is 10.1. The number of carbonyl (C=O) groups is 2. The highest BCUT2D eigenvalue weighted by molar-refractivity contribution is 5.92. The van der Waals surface area contributed by atoms with Gasteiger partial charge in [0.15, 0.2) is 6.61 Å². The van der Waals surface area contributed by atoms with Crippen molar-refractivity contribution in [3.05, 3.63) is 107 Å². The number of hydrogen-bond acceptors (Lipinski definition) is 3. The van der Waals surface area contributed by atoms with Crippen LogP contribution in [0.15, 0.2) is 84.9 Å². The molecule has 3 aromatic carbocycles. The predicted octanol–water partition coefficient (Wildman–Crippen LogP) is 3.95. The monoisotopic (exact) mass is 373 g/mol. The number of rotatable bonds is 8. The Labute approximate surface area is 165 Å². The largest absolute Gasteiger partial charge is 0.452 e. The van der Waals surface area contributed by atoms with Crippen molar-refractivity contribution in [3.8, 4) is 0 Å². The molecule has 3 aromatic rings. The van der Waals surface area contributed by atoms with Crippen molar-refractivity contribution >= 4 is 11.9 Å². The lowest BCUT2D eigenvalue weighted by atomic mass is 10.00. The molecule has 0 spiro atoms. The van der Waals surface area contributed by atoms with Crippen molar-refractivity contribution in [2.24, 2.45) is 0 Å². The molecule has 4 heteroatoms. The molecule has 0 aromatic heterocycles.